The molecule has 2 aromatic heterocycles. The third-order valence-electron chi connectivity index (χ3n) is 5.98. The van der Waals surface area contributed by atoms with Gasteiger partial charge in [0.05, 0.1) is 10.7 Å². The van der Waals surface area contributed by atoms with Crippen molar-refractivity contribution in [3.8, 4) is 0 Å². The van der Waals surface area contributed by atoms with Crippen molar-refractivity contribution >= 4 is 11.6 Å². The van der Waals surface area contributed by atoms with E-state index in [1.807, 2.05) is 6.07 Å². The monoisotopic (exact) mass is 422 g/mol. The Kier molecular flexibility index (Phi) is 6.30. The second kappa shape index (κ2) is 9.11. The Labute approximate surface area is 181 Å². The fourth-order valence-electron chi connectivity index (χ4n) is 4.26. The molecular formula is C24H27ClN4O. The predicted molar refractivity (Wildman–Crippen MR) is 120 cm³/mol. The largest absolute Gasteiger partial charge is 0.329 e. The topological polar surface area (TPSA) is 70.7 Å². The van der Waals surface area contributed by atoms with E-state index in [4.69, 9.17) is 11.6 Å². The van der Waals surface area contributed by atoms with Crippen LogP contribution >= 0.6 is 11.6 Å². The average molecular weight is 423 g/mol. The molecule has 1 aromatic carbocycles. The van der Waals surface area contributed by atoms with E-state index in [2.05, 4.69) is 46.2 Å². The third kappa shape index (κ3) is 4.63. The zero-order valence-electron chi connectivity index (χ0n) is 17.5. The number of pyridine rings is 1. The lowest BCUT2D eigenvalue weighted by molar-refractivity contribution is 0.459. The molecule has 1 fully saturated rings. The maximum absolute atomic E-state index is 12.0. The molecule has 0 atom stereocenters. The molecule has 0 aliphatic carbocycles. The Morgan fingerprint density at radius 3 is 2.67 bits per heavy atom. The fourth-order valence-corrected chi connectivity index (χ4v) is 4.42. The van der Waals surface area contributed by atoms with Crippen LogP contribution in [-0.2, 0) is 12.8 Å². The number of H-pyrrole nitrogens is 1. The zero-order chi connectivity index (χ0) is 21.1. The molecule has 5 nitrogen and oxygen atoms in total. The first kappa shape index (κ1) is 20.8. The average Bonchev–Trinajstić information content (AvgIpc) is 2.75. The van der Waals surface area contributed by atoms with Crippen molar-refractivity contribution in [2.75, 3.05) is 13.1 Å². The number of aromatic amines is 1. The highest BCUT2D eigenvalue weighted by Crippen LogP contribution is 2.30. The number of halogens is 1. The molecule has 3 aromatic rings. The fraction of sp³-hybridized carbons (Fsp3) is 0.375. The summed E-state index contributed by atoms with van der Waals surface area (Å²) in [5.74, 6) is 1.36. The van der Waals surface area contributed by atoms with E-state index in [9.17, 15) is 4.79 Å². The van der Waals surface area contributed by atoms with E-state index >= 15 is 0 Å². The summed E-state index contributed by atoms with van der Waals surface area (Å²) in [7, 11) is 0. The Balaban J connectivity index is 1.57. The molecule has 0 amide bonds. The zero-order valence-corrected chi connectivity index (χ0v) is 18.2. The van der Waals surface area contributed by atoms with Gasteiger partial charge in [-0.15, -0.1) is 0 Å². The summed E-state index contributed by atoms with van der Waals surface area (Å²) < 4.78 is 0. The second-order valence-electron chi connectivity index (χ2n) is 8.12. The highest BCUT2D eigenvalue weighted by atomic mass is 35.5. The number of benzene rings is 1. The van der Waals surface area contributed by atoms with Crippen molar-refractivity contribution in [1.29, 1.82) is 0 Å². The van der Waals surface area contributed by atoms with E-state index in [0.717, 1.165) is 18.9 Å². The molecule has 0 saturated carbocycles. The van der Waals surface area contributed by atoms with Crippen LogP contribution in [-0.4, -0.2) is 28.0 Å². The van der Waals surface area contributed by atoms with Gasteiger partial charge >= 0.3 is 0 Å². The van der Waals surface area contributed by atoms with Crippen LogP contribution in [0.4, 0.5) is 0 Å². The molecule has 6 heteroatoms. The number of nitrogens with one attached hydrogen (secondary N) is 2. The maximum atomic E-state index is 12.0. The van der Waals surface area contributed by atoms with Crippen LogP contribution in [0.25, 0.3) is 0 Å². The van der Waals surface area contributed by atoms with Crippen LogP contribution in [0.2, 0.25) is 5.02 Å². The van der Waals surface area contributed by atoms with Crippen LogP contribution in [0.3, 0.4) is 0 Å². The minimum Gasteiger partial charge on any atom is -0.329 e. The molecular weight excluding hydrogens is 396 g/mol. The van der Waals surface area contributed by atoms with Gasteiger partial charge in [-0.2, -0.15) is 0 Å². The quantitative estimate of drug-likeness (QED) is 0.649. The molecule has 4 rings (SSSR count). The van der Waals surface area contributed by atoms with Gasteiger partial charge in [-0.05, 0) is 74.0 Å². The lowest BCUT2D eigenvalue weighted by Crippen LogP contribution is -2.27. The van der Waals surface area contributed by atoms with Crippen LogP contribution in [0.1, 0.15) is 58.1 Å². The summed E-state index contributed by atoms with van der Waals surface area (Å²) in [6, 6.07) is 8.24. The molecule has 3 heterocycles. The highest BCUT2D eigenvalue weighted by Gasteiger charge is 2.18. The number of hydrogen-bond acceptors (Lipinski definition) is 4. The summed E-state index contributed by atoms with van der Waals surface area (Å²) >= 11 is 6.32. The van der Waals surface area contributed by atoms with Crippen LogP contribution in [0.5, 0.6) is 0 Å². The SMILES string of the molecule is Cc1cc(C2CCNCC2)c(C)cc1Cc1ncc(Cl)c(Cc2ccc[nH]c2=O)n1. The number of hydrogen-bond donors (Lipinski definition) is 2. The van der Waals surface area contributed by atoms with Gasteiger partial charge in [-0.3, -0.25) is 4.79 Å². The van der Waals surface area contributed by atoms with Gasteiger partial charge in [-0.1, -0.05) is 29.8 Å². The Morgan fingerprint density at radius 2 is 1.90 bits per heavy atom. The van der Waals surface area contributed by atoms with Crippen molar-refractivity contribution < 1.29 is 0 Å². The Hall–Kier alpha value is -2.50. The van der Waals surface area contributed by atoms with E-state index in [0.29, 0.717) is 35.0 Å². The first-order valence-electron chi connectivity index (χ1n) is 10.5. The number of rotatable bonds is 5. The molecule has 156 valence electrons. The summed E-state index contributed by atoms with van der Waals surface area (Å²) in [6.45, 7) is 6.56. The van der Waals surface area contributed by atoms with Crippen molar-refractivity contribution in [3.05, 3.63) is 91.4 Å². The summed E-state index contributed by atoms with van der Waals surface area (Å²) in [5, 5.41) is 3.93. The molecule has 0 unspecified atom stereocenters. The molecule has 0 radical (unpaired) electrons. The maximum Gasteiger partial charge on any atom is 0.251 e. The second-order valence-corrected chi connectivity index (χ2v) is 8.53. The van der Waals surface area contributed by atoms with E-state index in [1.54, 1.807) is 18.5 Å². The van der Waals surface area contributed by atoms with Crippen LogP contribution < -0.4 is 10.9 Å². The van der Waals surface area contributed by atoms with E-state index < -0.39 is 0 Å². The molecule has 0 bridgehead atoms. The van der Waals surface area contributed by atoms with Crippen LogP contribution in [0.15, 0.2) is 41.5 Å². The number of aromatic nitrogens is 3. The summed E-state index contributed by atoms with van der Waals surface area (Å²) in [6.07, 6.45) is 6.69. The highest BCUT2D eigenvalue weighted by molar-refractivity contribution is 6.31. The van der Waals surface area contributed by atoms with Gasteiger partial charge in [0.2, 0.25) is 0 Å². The van der Waals surface area contributed by atoms with Crippen molar-refractivity contribution in [3.63, 3.8) is 0 Å². The van der Waals surface area contributed by atoms with Gasteiger partial charge in [-0.25, -0.2) is 9.97 Å². The molecule has 30 heavy (non-hydrogen) atoms. The van der Waals surface area contributed by atoms with Gasteiger partial charge < -0.3 is 10.3 Å². The number of nitrogens with zero attached hydrogens (tertiary/aromatic N) is 2. The molecule has 0 spiro atoms. The lowest BCUT2D eigenvalue weighted by Gasteiger charge is -2.25. The first-order chi connectivity index (χ1) is 14.5. The van der Waals surface area contributed by atoms with E-state index in [1.165, 1.54) is 35.1 Å². The Bertz CT molecular complexity index is 1100. The van der Waals surface area contributed by atoms with Gasteiger partial charge in [0.15, 0.2) is 0 Å². The van der Waals surface area contributed by atoms with Gasteiger partial charge in [0, 0.05) is 30.8 Å². The normalized spacial score (nSPS) is 14.8. The lowest BCUT2D eigenvalue weighted by atomic mass is 9.85. The van der Waals surface area contributed by atoms with Crippen molar-refractivity contribution in [2.24, 2.45) is 0 Å². The number of aryl methyl sites for hydroxylation is 2. The first-order valence-corrected chi connectivity index (χ1v) is 10.9. The molecule has 1 aliphatic rings. The molecule has 2 N–H and O–H groups in total. The predicted octanol–water partition coefficient (Wildman–Crippen LogP) is 4.08. The Morgan fingerprint density at radius 1 is 1.10 bits per heavy atom. The van der Waals surface area contributed by atoms with E-state index in [-0.39, 0.29) is 5.56 Å². The van der Waals surface area contributed by atoms with Crippen molar-refractivity contribution in [2.45, 2.75) is 45.4 Å². The third-order valence-corrected chi connectivity index (χ3v) is 6.29. The number of piperidine rings is 1. The minimum absolute atomic E-state index is 0.117. The smallest absolute Gasteiger partial charge is 0.251 e. The van der Waals surface area contributed by atoms with Gasteiger partial charge in [0.25, 0.3) is 5.56 Å². The van der Waals surface area contributed by atoms with Crippen molar-refractivity contribution in [1.82, 2.24) is 20.3 Å². The standard InChI is InChI=1S/C24H27ClN4O/c1-15-11-20(17-5-8-26-9-6-17)16(2)10-19(15)13-23-28-14-21(25)22(29-23)12-18-4-3-7-27-24(18)30/h3-4,7,10-11,14,17,26H,5-6,8-9,12-13H2,1-2H3,(H,27,30). The molecule has 1 saturated heterocycles. The minimum atomic E-state index is -0.117. The summed E-state index contributed by atoms with van der Waals surface area (Å²) in [5.41, 5.74) is 6.52. The summed E-state index contributed by atoms with van der Waals surface area (Å²) in [4.78, 5) is 23.8. The van der Waals surface area contributed by atoms with Gasteiger partial charge in [0.1, 0.15) is 5.82 Å². The van der Waals surface area contributed by atoms with Crippen LogP contribution in [0, 0.1) is 13.8 Å². The molecule has 1 aliphatic heterocycles.